The highest BCUT2D eigenvalue weighted by molar-refractivity contribution is 7.88. The van der Waals surface area contributed by atoms with E-state index in [9.17, 15) is 13.2 Å². The number of nitrogens with one attached hydrogen (secondary N) is 1. The smallest absolute Gasteiger partial charge is 0.312 e. The lowest BCUT2D eigenvalue weighted by molar-refractivity contribution is 0.211. The van der Waals surface area contributed by atoms with E-state index in [4.69, 9.17) is 5.73 Å². The number of carbonyl (C=O) groups excluding carboxylic acids is 1. The summed E-state index contributed by atoms with van der Waals surface area (Å²) < 4.78 is 22.9. The Balaban J connectivity index is 2.34. The van der Waals surface area contributed by atoms with E-state index < -0.39 is 16.1 Å². The number of urea groups is 1. The Labute approximate surface area is 70.8 Å². The first-order chi connectivity index (χ1) is 5.39. The molecule has 0 bridgehead atoms. The molecule has 0 saturated carbocycles. The van der Waals surface area contributed by atoms with E-state index in [2.05, 4.69) is 5.32 Å². The van der Waals surface area contributed by atoms with Crippen molar-refractivity contribution in [1.82, 2.24) is 9.62 Å². The maximum atomic E-state index is 10.8. The number of rotatable bonds is 2. The van der Waals surface area contributed by atoms with Crippen LogP contribution in [0.2, 0.25) is 0 Å². The van der Waals surface area contributed by atoms with Crippen LogP contribution in [0.5, 0.6) is 0 Å². The van der Waals surface area contributed by atoms with Crippen molar-refractivity contribution in [2.45, 2.75) is 6.04 Å². The second kappa shape index (κ2) is 2.91. The first-order valence-electron chi connectivity index (χ1n) is 3.40. The van der Waals surface area contributed by atoms with Gasteiger partial charge in [0.2, 0.25) is 10.0 Å². The summed E-state index contributed by atoms with van der Waals surface area (Å²) in [4.78, 5) is 10.3. The van der Waals surface area contributed by atoms with Gasteiger partial charge >= 0.3 is 6.03 Å². The van der Waals surface area contributed by atoms with Crippen LogP contribution in [-0.2, 0) is 10.0 Å². The number of carbonyl (C=O) groups is 1. The molecule has 6 nitrogen and oxygen atoms in total. The van der Waals surface area contributed by atoms with Crippen molar-refractivity contribution >= 4 is 16.1 Å². The third-order valence-corrected chi connectivity index (χ3v) is 2.90. The van der Waals surface area contributed by atoms with Gasteiger partial charge in [-0.05, 0) is 0 Å². The van der Waals surface area contributed by atoms with Crippen LogP contribution in [0.4, 0.5) is 4.79 Å². The lowest BCUT2D eigenvalue weighted by atomic mass is 10.2. The number of nitrogens with zero attached hydrogens (tertiary/aromatic N) is 1. The third kappa shape index (κ3) is 2.08. The van der Waals surface area contributed by atoms with Crippen LogP contribution in [0.3, 0.4) is 0 Å². The molecule has 1 heterocycles. The Morgan fingerprint density at radius 1 is 1.58 bits per heavy atom. The van der Waals surface area contributed by atoms with Crippen LogP contribution in [0, 0.1) is 0 Å². The average molecular weight is 193 g/mol. The standard InChI is InChI=1S/C5H11N3O3S/c1-12(10,11)8-2-4(3-8)7-5(6)9/h4H,2-3H2,1H3,(H3,6,7,9). The molecule has 70 valence electrons. The minimum atomic E-state index is -3.09. The molecule has 0 atom stereocenters. The summed E-state index contributed by atoms with van der Waals surface area (Å²) in [6.07, 6.45) is 1.13. The van der Waals surface area contributed by atoms with Crippen molar-refractivity contribution in [1.29, 1.82) is 0 Å². The van der Waals surface area contributed by atoms with Crippen LogP contribution < -0.4 is 11.1 Å². The largest absolute Gasteiger partial charge is 0.352 e. The molecule has 1 fully saturated rings. The number of sulfonamides is 1. The molecule has 1 rings (SSSR count). The molecule has 0 aromatic rings. The molecule has 0 aromatic heterocycles. The van der Waals surface area contributed by atoms with Gasteiger partial charge in [0, 0.05) is 13.1 Å². The number of primary amides is 1. The maximum Gasteiger partial charge on any atom is 0.312 e. The normalized spacial score (nSPS) is 20.1. The predicted octanol–water partition coefficient (Wildman–Crippen LogP) is -1.70. The van der Waals surface area contributed by atoms with Crippen LogP contribution in [0.15, 0.2) is 0 Å². The highest BCUT2D eigenvalue weighted by Gasteiger charge is 2.33. The van der Waals surface area contributed by atoms with E-state index in [-0.39, 0.29) is 6.04 Å². The van der Waals surface area contributed by atoms with Gasteiger partial charge in [-0.2, -0.15) is 4.31 Å². The average Bonchev–Trinajstić information content (AvgIpc) is 1.73. The monoisotopic (exact) mass is 193 g/mol. The summed E-state index contributed by atoms with van der Waals surface area (Å²) in [5.41, 5.74) is 4.84. The molecule has 0 spiro atoms. The van der Waals surface area contributed by atoms with Crippen LogP contribution in [-0.4, -0.2) is 44.1 Å². The highest BCUT2D eigenvalue weighted by atomic mass is 32.2. The van der Waals surface area contributed by atoms with Gasteiger partial charge in [-0.3, -0.25) is 0 Å². The van der Waals surface area contributed by atoms with Crippen molar-refractivity contribution in [2.24, 2.45) is 5.73 Å². The zero-order chi connectivity index (χ0) is 9.35. The number of nitrogens with two attached hydrogens (primary N) is 1. The molecular formula is C5H11N3O3S. The number of hydrogen-bond acceptors (Lipinski definition) is 3. The fraction of sp³-hybridized carbons (Fsp3) is 0.800. The van der Waals surface area contributed by atoms with E-state index in [1.165, 1.54) is 4.31 Å². The van der Waals surface area contributed by atoms with Crippen LogP contribution >= 0.6 is 0 Å². The second-order valence-electron chi connectivity index (χ2n) is 2.79. The third-order valence-electron chi connectivity index (χ3n) is 1.66. The van der Waals surface area contributed by atoms with Crippen LogP contribution in [0.1, 0.15) is 0 Å². The fourth-order valence-electron chi connectivity index (χ4n) is 1.00. The SMILES string of the molecule is CS(=O)(=O)N1CC(NC(N)=O)C1. The Bertz CT molecular complexity index is 280. The van der Waals surface area contributed by atoms with Gasteiger partial charge in [-0.1, -0.05) is 0 Å². The Hall–Kier alpha value is -0.820. The van der Waals surface area contributed by atoms with Crippen molar-refractivity contribution in [3.63, 3.8) is 0 Å². The first-order valence-corrected chi connectivity index (χ1v) is 5.25. The zero-order valence-electron chi connectivity index (χ0n) is 6.65. The fourth-order valence-corrected chi connectivity index (χ4v) is 1.90. The number of hydrogen-bond donors (Lipinski definition) is 2. The van der Waals surface area contributed by atoms with Crippen molar-refractivity contribution in [2.75, 3.05) is 19.3 Å². The van der Waals surface area contributed by atoms with E-state index >= 15 is 0 Å². The number of amides is 2. The maximum absolute atomic E-state index is 10.8. The minimum absolute atomic E-state index is 0.128. The molecule has 0 unspecified atom stereocenters. The van der Waals surface area contributed by atoms with E-state index in [1.54, 1.807) is 0 Å². The summed E-state index contributed by atoms with van der Waals surface area (Å²) >= 11 is 0. The molecule has 12 heavy (non-hydrogen) atoms. The molecule has 3 N–H and O–H groups in total. The molecule has 0 aliphatic carbocycles. The van der Waals surface area contributed by atoms with E-state index in [0.29, 0.717) is 13.1 Å². The highest BCUT2D eigenvalue weighted by Crippen LogP contribution is 2.11. The minimum Gasteiger partial charge on any atom is -0.352 e. The molecule has 7 heteroatoms. The van der Waals surface area contributed by atoms with E-state index in [1.807, 2.05) is 0 Å². The molecule has 2 amide bonds. The van der Waals surface area contributed by atoms with Gasteiger partial charge in [-0.25, -0.2) is 13.2 Å². The second-order valence-corrected chi connectivity index (χ2v) is 4.77. The van der Waals surface area contributed by atoms with Gasteiger partial charge in [0.05, 0.1) is 12.3 Å². The molecular weight excluding hydrogens is 182 g/mol. The van der Waals surface area contributed by atoms with Gasteiger partial charge in [-0.15, -0.1) is 0 Å². The molecule has 0 radical (unpaired) electrons. The quantitative estimate of drug-likeness (QED) is 0.547. The van der Waals surface area contributed by atoms with Gasteiger partial charge in [0.15, 0.2) is 0 Å². The van der Waals surface area contributed by atoms with Gasteiger partial charge in [0.1, 0.15) is 0 Å². The topological polar surface area (TPSA) is 92.5 Å². The lowest BCUT2D eigenvalue weighted by Crippen LogP contribution is -2.61. The molecule has 1 aliphatic rings. The van der Waals surface area contributed by atoms with Crippen molar-refractivity contribution < 1.29 is 13.2 Å². The summed E-state index contributed by atoms with van der Waals surface area (Å²) in [5, 5.41) is 2.41. The van der Waals surface area contributed by atoms with E-state index in [0.717, 1.165) is 6.26 Å². The zero-order valence-corrected chi connectivity index (χ0v) is 7.47. The van der Waals surface area contributed by atoms with Crippen LogP contribution in [0.25, 0.3) is 0 Å². The predicted molar refractivity (Wildman–Crippen MR) is 42.9 cm³/mol. The summed E-state index contributed by atoms with van der Waals surface area (Å²) in [7, 11) is -3.09. The summed E-state index contributed by atoms with van der Waals surface area (Å²) in [6.45, 7) is 0.642. The Morgan fingerprint density at radius 2 is 2.08 bits per heavy atom. The van der Waals surface area contributed by atoms with Crippen molar-refractivity contribution in [3.8, 4) is 0 Å². The molecule has 1 saturated heterocycles. The van der Waals surface area contributed by atoms with Gasteiger partial charge < -0.3 is 11.1 Å². The summed E-state index contributed by atoms with van der Waals surface area (Å²) in [5.74, 6) is 0. The Morgan fingerprint density at radius 3 is 2.42 bits per heavy atom. The lowest BCUT2D eigenvalue weighted by Gasteiger charge is -2.36. The molecule has 0 aromatic carbocycles. The van der Waals surface area contributed by atoms with Gasteiger partial charge in [0.25, 0.3) is 0 Å². The summed E-state index contributed by atoms with van der Waals surface area (Å²) in [6, 6.07) is -0.745. The first kappa shape index (κ1) is 9.27. The van der Waals surface area contributed by atoms with Crippen molar-refractivity contribution in [3.05, 3.63) is 0 Å². The molecule has 1 aliphatic heterocycles. The Kier molecular flexibility index (Phi) is 2.25.